The molecule has 1 rings (SSSR count). The van der Waals surface area contributed by atoms with E-state index in [1.807, 2.05) is 7.05 Å². The van der Waals surface area contributed by atoms with Gasteiger partial charge in [0, 0.05) is 0 Å². The maximum absolute atomic E-state index is 13.0. The third-order valence-electron chi connectivity index (χ3n) is 1.90. The Morgan fingerprint density at radius 2 is 2.08 bits per heavy atom. The Labute approximate surface area is 76.8 Å². The minimum Gasteiger partial charge on any atom is -0.320 e. The number of aryl methyl sites for hydroxylation is 1. The third-order valence-corrected chi connectivity index (χ3v) is 1.90. The largest absolute Gasteiger partial charge is 0.320 e. The summed E-state index contributed by atoms with van der Waals surface area (Å²) in [5, 5.41) is 2.96. The summed E-state index contributed by atoms with van der Waals surface area (Å²) in [6.45, 7) is 0.815. The summed E-state index contributed by atoms with van der Waals surface area (Å²) in [5.41, 5.74) is 0.454. The molecule has 0 saturated carbocycles. The fraction of sp³-hybridized carbons (Fsp3) is 0.400. The van der Waals surface area contributed by atoms with Gasteiger partial charge in [0.1, 0.15) is 0 Å². The molecule has 1 aromatic carbocycles. The number of hydrogen-bond donors (Lipinski definition) is 1. The third kappa shape index (κ3) is 2.77. The Bertz CT molecular complexity index is 274. The van der Waals surface area contributed by atoms with Crippen molar-refractivity contribution in [1.29, 1.82) is 0 Å². The first kappa shape index (κ1) is 10.1. The number of halogens is 2. The molecule has 0 fully saturated rings. The molecule has 0 spiro atoms. The van der Waals surface area contributed by atoms with E-state index in [2.05, 4.69) is 5.32 Å². The van der Waals surface area contributed by atoms with Gasteiger partial charge in [-0.2, -0.15) is 0 Å². The molecule has 72 valence electrons. The van der Waals surface area contributed by atoms with E-state index < -0.39 is 11.6 Å². The first-order chi connectivity index (χ1) is 6.25. The molecule has 0 amide bonds. The maximum Gasteiger partial charge on any atom is 0.162 e. The van der Waals surface area contributed by atoms with E-state index >= 15 is 0 Å². The first-order valence-electron chi connectivity index (χ1n) is 4.33. The molecule has 0 unspecified atom stereocenters. The minimum atomic E-state index is -0.762. The van der Waals surface area contributed by atoms with E-state index in [-0.39, 0.29) is 0 Å². The minimum absolute atomic E-state index is 0.454. The summed E-state index contributed by atoms with van der Waals surface area (Å²) in [5.74, 6) is -1.47. The number of rotatable bonds is 4. The van der Waals surface area contributed by atoms with Crippen LogP contribution in [0.25, 0.3) is 0 Å². The molecule has 13 heavy (non-hydrogen) atoms. The molecule has 0 aliphatic rings. The van der Waals surface area contributed by atoms with Crippen LogP contribution in [0.2, 0.25) is 0 Å². The highest BCUT2D eigenvalue weighted by molar-refractivity contribution is 5.18. The van der Waals surface area contributed by atoms with Crippen molar-refractivity contribution in [3.8, 4) is 0 Å². The van der Waals surface area contributed by atoms with Crippen LogP contribution in [0, 0.1) is 11.6 Å². The number of hydrogen-bond acceptors (Lipinski definition) is 1. The maximum atomic E-state index is 13.0. The van der Waals surface area contributed by atoms with Crippen LogP contribution in [0.1, 0.15) is 12.0 Å². The fourth-order valence-electron chi connectivity index (χ4n) is 1.20. The van der Waals surface area contributed by atoms with Gasteiger partial charge in [-0.05, 0) is 38.1 Å². The molecule has 3 heteroatoms. The quantitative estimate of drug-likeness (QED) is 0.708. The average Bonchev–Trinajstić information content (AvgIpc) is 2.13. The Morgan fingerprint density at radius 3 is 2.77 bits per heavy atom. The first-order valence-corrected chi connectivity index (χ1v) is 4.33. The van der Waals surface area contributed by atoms with Crippen LogP contribution >= 0.6 is 0 Å². The van der Waals surface area contributed by atoms with Crippen molar-refractivity contribution < 1.29 is 8.78 Å². The van der Waals surface area contributed by atoms with Gasteiger partial charge in [0.2, 0.25) is 0 Å². The summed E-state index contributed by atoms with van der Waals surface area (Å²) in [4.78, 5) is 0. The standard InChI is InChI=1S/C10H13F2N/c1-13-7-3-5-8-4-2-6-9(11)10(8)12/h2,4,6,13H,3,5,7H2,1H3. The molecule has 0 radical (unpaired) electrons. The smallest absolute Gasteiger partial charge is 0.162 e. The molecule has 1 N–H and O–H groups in total. The van der Waals surface area contributed by atoms with E-state index in [0.29, 0.717) is 12.0 Å². The second kappa shape index (κ2) is 4.92. The van der Waals surface area contributed by atoms with Crippen LogP contribution in [0.4, 0.5) is 8.78 Å². The van der Waals surface area contributed by atoms with E-state index in [4.69, 9.17) is 0 Å². The summed E-state index contributed by atoms with van der Waals surface area (Å²) in [7, 11) is 1.84. The van der Waals surface area contributed by atoms with Crippen molar-refractivity contribution >= 4 is 0 Å². The number of benzene rings is 1. The molecule has 0 aliphatic heterocycles. The molecular weight excluding hydrogens is 172 g/mol. The Balaban J connectivity index is 2.61. The van der Waals surface area contributed by atoms with Gasteiger partial charge in [0.05, 0.1) is 0 Å². The molecular formula is C10H13F2N. The van der Waals surface area contributed by atoms with Gasteiger partial charge in [0.25, 0.3) is 0 Å². The van der Waals surface area contributed by atoms with Gasteiger partial charge in [-0.15, -0.1) is 0 Å². The highest BCUT2D eigenvalue weighted by atomic mass is 19.2. The molecule has 0 aliphatic carbocycles. The van der Waals surface area contributed by atoms with Crippen molar-refractivity contribution in [2.24, 2.45) is 0 Å². The fourth-order valence-corrected chi connectivity index (χ4v) is 1.20. The lowest BCUT2D eigenvalue weighted by atomic mass is 10.1. The van der Waals surface area contributed by atoms with Crippen molar-refractivity contribution in [3.63, 3.8) is 0 Å². The van der Waals surface area contributed by atoms with Crippen LogP contribution in [0.15, 0.2) is 18.2 Å². The lowest BCUT2D eigenvalue weighted by molar-refractivity contribution is 0.496. The highest BCUT2D eigenvalue weighted by Crippen LogP contribution is 2.12. The molecule has 0 bridgehead atoms. The lowest BCUT2D eigenvalue weighted by Crippen LogP contribution is -2.09. The predicted octanol–water partition coefficient (Wildman–Crippen LogP) is 2.12. The zero-order valence-corrected chi connectivity index (χ0v) is 7.61. The van der Waals surface area contributed by atoms with Gasteiger partial charge < -0.3 is 5.32 Å². The van der Waals surface area contributed by atoms with E-state index in [1.54, 1.807) is 6.07 Å². The van der Waals surface area contributed by atoms with Gasteiger partial charge in [0.15, 0.2) is 11.6 Å². The van der Waals surface area contributed by atoms with Gasteiger partial charge in [-0.1, -0.05) is 12.1 Å². The molecule has 0 heterocycles. The van der Waals surface area contributed by atoms with E-state index in [9.17, 15) is 8.78 Å². The summed E-state index contributed by atoms with van der Waals surface area (Å²) in [6, 6.07) is 4.29. The molecule has 1 nitrogen and oxygen atoms in total. The molecule has 0 atom stereocenters. The van der Waals surface area contributed by atoms with Crippen molar-refractivity contribution in [2.45, 2.75) is 12.8 Å². The Hall–Kier alpha value is -0.960. The van der Waals surface area contributed by atoms with Crippen LogP contribution < -0.4 is 5.32 Å². The Morgan fingerprint density at radius 1 is 1.31 bits per heavy atom. The van der Waals surface area contributed by atoms with Crippen molar-refractivity contribution in [1.82, 2.24) is 5.32 Å². The van der Waals surface area contributed by atoms with Crippen LogP contribution in [0.5, 0.6) is 0 Å². The van der Waals surface area contributed by atoms with Gasteiger partial charge >= 0.3 is 0 Å². The topological polar surface area (TPSA) is 12.0 Å². The van der Waals surface area contributed by atoms with Gasteiger partial charge in [-0.25, -0.2) is 8.78 Å². The average molecular weight is 185 g/mol. The lowest BCUT2D eigenvalue weighted by Gasteiger charge is -2.02. The van der Waals surface area contributed by atoms with Crippen LogP contribution in [0.3, 0.4) is 0 Å². The molecule has 0 saturated heterocycles. The van der Waals surface area contributed by atoms with Crippen LogP contribution in [-0.4, -0.2) is 13.6 Å². The molecule has 0 aromatic heterocycles. The molecule has 1 aromatic rings. The zero-order valence-electron chi connectivity index (χ0n) is 7.61. The SMILES string of the molecule is CNCCCc1cccc(F)c1F. The predicted molar refractivity (Wildman–Crippen MR) is 48.6 cm³/mol. The Kier molecular flexibility index (Phi) is 3.83. The highest BCUT2D eigenvalue weighted by Gasteiger charge is 2.05. The number of nitrogens with one attached hydrogen (secondary N) is 1. The van der Waals surface area contributed by atoms with E-state index in [0.717, 1.165) is 19.0 Å². The second-order valence-corrected chi connectivity index (χ2v) is 2.92. The summed E-state index contributed by atoms with van der Waals surface area (Å²) in [6.07, 6.45) is 1.39. The monoisotopic (exact) mass is 185 g/mol. The zero-order chi connectivity index (χ0) is 9.68. The summed E-state index contributed by atoms with van der Waals surface area (Å²) >= 11 is 0. The van der Waals surface area contributed by atoms with E-state index in [1.165, 1.54) is 6.07 Å². The summed E-state index contributed by atoms with van der Waals surface area (Å²) < 4.78 is 25.7. The van der Waals surface area contributed by atoms with Crippen molar-refractivity contribution in [2.75, 3.05) is 13.6 Å². The van der Waals surface area contributed by atoms with Crippen LogP contribution in [-0.2, 0) is 6.42 Å². The van der Waals surface area contributed by atoms with Crippen molar-refractivity contribution in [3.05, 3.63) is 35.4 Å². The second-order valence-electron chi connectivity index (χ2n) is 2.92. The van der Waals surface area contributed by atoms with Gasteiger partial charge in [-0.3, -0.25) is 0 Å². The normalized spacial score (nSPS) is 10.4.